The van der Waals surface area contributed by atoms with Gasteiger partial charge < -0.3 is 19.7 Å². The molecule has 0 aliphatic heterocycles. The number of hydrogen-bond acceptors (Lipinski definition) is 4. The van der Waals surface area contributed by atoms with Gasteiger partial charge in [-0.3, -0.25) is 9.59 Å². The maximum Gasteiger partial charge on any atom is 0.435 e. The number of nitrogens with zero attached hydrogens (tertiary/aromatic N) is 1. The Morgan fingerprint density at radius 3 is 2.05 bits per heavy atom. The first-order valence-electron chi connectivity index (χ1n) is 12.0. The molecule has 0 aromatic heterocycles. The number of para-hydroxylation sites is 1. The maximum atomic E-state index is 14.7. The van der Waals surface area contributed by atoms with Crippen LogP contribution >= 0.6 is 15.9 Å². The molecule has 17 heteroatoms. The molecule has 0 fully saturated rings. The van der Waals surface area contributed by atoms with Gasteiger partial charge in [-0.25, -0.2) is 8.78 Å². The number of nitrogens with one attached hydrogen (secondary N) is 1. The Morgan fingerprint density at radius 1 is 0.932 bits per heavy atom. The molecule has 0 aliphatic rings. The number of methoxy groups -OCH3 is 1. The van der Waals surface area contributed by atoms with E-state index in [1.807, 2.05) is 5.32 Å². The lowest BCUT2D eigenvalue weighted by Gasteiger charge is -2.31. The van der Waals surface area contributed by atoms with E-state index in [0.717, 1.165) is 24.1 Å². The zero-order valence-corrected chi connectivity index (χ0v) is 23.8. The van der Waals surface area contributed by atoms with Crippen molar-refractivity contribution < 1.29 is 63.0 Å². The predicted molar refractivity (Wildman–Crippen MR) is 140 cm³/mol. The van der Waals surface area contributed by atoms with Crippen molar-refractivity contribution in [1.29, 1.82) is 0 Å². The third-order valence-electron chi connectivity index (χ3n) is 6.09. The van der Waals surface area contributed by atoms with Crippen LogP contribution in [-0.2, 0) is 5.67 Å². The highest BCUT2D eigenvalue weighted by Gasteiger charge is 2.73. The Hall–Kier alpha value is -4.02. The first-order chi connectivity index (χ1) is 20.4. The Balaban J connectivity index is 2.12. The van der Waals surface area contributed by atoms with Crippen molar-refractivity contribution in [2.75, 3.05) is 23.9 Å². The molecule has 3 aromatic rings. The highest BCUT2D eigenvalue weighted by Crippen LogP contribution is 2.55. The van der Waals surface area contributed by atoms with E-state index in [9.17, 15) is 53.5 Å². The number of benzene rings is 3. The summed E-state index contributed by atoms with van der Waals surface area (Å²) >= 11 is 2.59. The summed E-state index contributed by atoms with van der Waals surface area (Å²) in [6.07, 6.45) is -13.1. The Morgan fingerprint density at radius 2 is 1.52 bits per heavy atom. The van der Waals surface area contributed by atoms with E-state index < -0.39 is 69.3 Å². The fourth-order valence-electron chi connectivity index (χ4n) is 4.09. The van der Waals surface area contributed by atoms with Crippen LogP contribution < -0.4 is 19.7 Å². The van der Waals surface area contributed by atoms with Crippen molar-refractivity contribution in [1.82, 2.24) is 0 Å². The summed E-state index contributed by atoms with van der Waals surface area (Å²) in [5.41, 5.74) is -9.86. The number of amides is 2. The fourth-order valence-corrected chi connectivity index (χ4v) is 4.63. The third-order valence-corrected chi connectivity index (χ3v) is 6.71. The molecule has 3 rings (SSSR count). The van der Waals surface area contributed by atoms with Crippen LogP contribution in [-0.4, -0.2) is 44.4 Å². The second-order valence-corrected chi connectivity index (χ2v) is 9.56. The molecular formula is C27H19BrF10N2O4. The van der Waals surface area contributed by atoms with Crippen LogP contribution in [0.4, 0.5) is 55.3 Å². The Labute approximate surface area is 250 Å². The largest absolute Gasteiger partial charge is 0.494 e. The summed E-state index contributed by atoms with van der Waals surface area (Å²) in [5.74, 6) is -4.68. The smallest absolute Gasteiger partial charge is 0.435 e. The molecule has 0 spiro atoms. The molecule has 0 unspecified atom stereocenters. The molecule has 238 valence electrons. The van der Waals surface area contributed by atoms with Gasteiger partial charge in [-0.05, 0) is 59.3 Å². The van der Waals surface area contributed by atoms with Gasteiger partial charge in [0, 0.05) is 16.6 Å². The van der Waals surface area contributed by atoms with Gasteiger partial charge in [0.1, 0.15) is 5.82 Å². The summed E-state index contributed by atoms with van der Waals surface area (Å²) in [5, 5.41) is 2.01. The lowest BCUT2D eigenvalue weighted by Crippen LogP contribution is -2.50. The minimum absolute atomic E-state index is 0.00549. The lowest BCUT2D eigenvalue weighted by molar-refractivity contribution is -0.348. The van der Waals surface area contributed by atoms with Crippen LogP contribution in [0.25, 0.3) is 0 Å². The van der Waals surface area contributed by atoms with Gasteiger partial charge in [-0.2, -0.15) is 35.1 Å². The van der Waals surface area contributed by atoms with E-state index in [1.54, 1.807) is 0 Å². The van der Waals surface area contributed by atoms with Gasteiger partial charge in [0.2, 0.25) is 0 Å². The van der Waals surface area contributed by atoms with E-state index in [1.165, 1.54) is 37.3 Å². The van der Waals surface area contributed by atoms with Crippen LogP contribution in [0.5, 0.6) is 11.5 Å². The molecule has 0 heterocycles. The van der Waals surface area contributed by atoms with Gasteiger partial charge in [-0.15, -0.1) is 0 Å². The van der Waals surface area contributed by atoms with Crippen molar-refractivity contribution in [2.24, 2.45) is 0 Å². The van der Waals surface area contributed by atoms with Crippen molar-refractivity contribution in [3.8, 4) is 11.5 Å². The molecule has 1 N–H and O–H groups in total. The third kappa shape index (κ3) is 6.56. The molecule has 3 aromatic carbocycles. The second kappa shape index (κ2) is 12.9. The monoisotopic (exact) mass is 704 g/mol. The number of carbonyl (C=O) groups is 2. The molecule has 44 heavy (non-hydrogen) atoms. The molecule has 0 aliphatic carbocycles. The quantitative estimate of drug-likeness (QED) is 0.227. The predicted octanol–water partition coefficient (Wildman–Crippen LogP) is 8.41. The van der Waals surface area contributed by atoms with E-state index in [4.69, 9.17) is 4.74 Å². The number of anilines is 2. The van der Waals surface area contributed by atoms with Crippen molar-refractivity contribution >= 4 is 39.1 Å². The fraction of sp³-hybridized carbons (Fsp3) is 0.259. The molecule has 2 amide bonds. The normalized spacial score (nSPS) is 12.2. The highest BCUT2D eigenvalue weighted by molar-refractivity contribution is 9.10. The lowest BCUT2D eigenvalue weighted by atomic mass is 9.93. The van der Waals surface area contributed by atoms with Gasteiger partial charge >= 0.3 is 24.6 Å². The molecular weight excluding hydrogens is 686 g/mol. The van der Waals surface area contributed by atoms with Crippen LogP contribution in [0.1, 0.15) is 33.2 Å². The topological polar surface area (TPSA) is 67.9 Å². The van der Waals surface area contributed by atoms with Crippen LogP contribution in [0, 0.1) is 5.82 Å². The first-order valence-corrected chi connectivity index (χ1v) is 12.8. The van der Waals surface area contributed by atoms with Crippen LogP contribution in [0.2, 0.25) is 0 Å². The second-order valence-electron chi connectivity index (χ2n) is 8.71. The van der Waals surface area contributed by atoms with E-state index >= 15 is 0 Å². The number of carbonyl (C=O) groups excluding carboxylic acids is 2. The highest BCUT2D eigenvalue weighted by atomic mass is 79.9. The molecule has 0 bridgehead atoms. The number of alkyl halides is 9. The first kappa shape index (κ1) is 34.5. The van der Waals surface area contributed by atoms with Gasteiger partial charge in [0.25, 0.3) is 11.8 Å². The number of ether oxygens (including phenoxy) is 2. The SMILES string of the molecule is CCN(C(=O)c1ccccc1F)c1cccc(C(=O)Nc2c(Br)cc(C(F)(C(F)(F)F)C(F)(F)F)cc2OC(F)F)c1OC. The minimum Gasteiger partial charge on any atom is -0.494 e. The Bertz CT molecular complexity index is 1530. The molecule has 6 nitrogen and oxygen atoms in total. The number of halogens is 11. The standard InChI is InChI=1S/C27H19BrF10N2O4/c1-3-40(23(42)14-7-4-5-9-17(14)29)18-10-6-8-15(21(18)43-2)22(41)39-20-16(28)11-13(12-19(20)44-24(30)31)25(32,26(33,34)35)27(36,37)38/h4-12,24H,3H2,1-2H3,(H,39,41). The molecule has 0 saturated carbocycles. The average Bonchev–Trinajstić information content (AvgIpc) is 2.93. The van der Waals surface area contributed by atoms with Gasteiger partial charge in [0.05, 0.1) is 29.6 Å². The minimum atomic E-state index is -6.57. The average molecular weight is 705 g/mol. The summed E-state index contributed by atoms with van der Waals surface area (Å²) < 4.78 is 144. The van der Waals surface area contributed by atoms with Gasteiger partial charge in [-0.1, -0.05) is 18.2 Å². The number of hydrogen-bond donors (Lipinski definition) is 1. The molecule has 0 atom stereocenters. The van der Waals surface area contributed by atoms with Crippen LogP contribution in [0.15, 0.2) is 59.1 Å². The summed E-state index contributed by atoms with van der Waals surface area (Å²) in [4.78, 5) is 27.5. The van der Waals surface area contributed by atoms with Crippen molar-refractivity contribution in [3.63, 3.8) is 0 Å². The number of rotatable bonds is 9. The zero-order valence-electron chi connectivity index (χ0n) is 22.2. The van der Waals surface area contributed by atoms with Gasteiger partial charge in [0.15, 0.2) is 11.5 Å². The summed E-state index contributed by atoms with van der Waals surface area (Å²) in [6.45, 7) is -2.39. The molecule has 0 radical (unpaired) electrons. The summed E-state index contributed by atoms with van der Waals surface area (Å²) in [7, 11) is 1.09. The molecule has 0 saturated heterocycles. The van der Waals surface area contributed by atoms with Crippen molar-refractivity contribution in [2.45, 2.75) is 31.6 Å². The maximum absolute atomic E-state index is 14.7. The van der Waals surface area contributed by atoms with Crippen molar-refractivity contribution in [3.05, 3.63) is 81.6 Å². The van der Waals surface area contributed by atoms with E-state index in [0.29, 0.717) is 0 Å². The van der Waals surface area contributed by atoms with Crippen LogP contribution in [0.3, 0.4) is 0 Å². The van der Waals surface area contributed by atoms with E-state index in [2.05, 4.69) is 20.7 Å². The zero-order chi connectivity index (χ0) is 33.2. The summed E-state index contributed by atoms with van der Waals surface area (Å²) in [6, 6.07) is 8.43. The van der Waals surface area contributed by atoms with E-state index in [-0.39, 0.29) is 35.7 Å². The Kier molecular flexibility index (Phi) is 10.1.